The summed E-state index contributed by atoms with van der Waals surface area (Å²) in [6, 6.07) is 13.4. The summed E-state index contributed by atoms with van der Waals surface area (Å²) < 4.78 is 1.01. The number of carbonyl (C=O) groups excluding carboxylic acids is 1. The van der Waals surface area contributed by atoms with Crippen molar-refractivity contribution in [1.82, 2.24) is 0 Å². The molecule has 2 aromatic rings. The molecule has 0 heterocycles. The van der Waals surface area contributed by atoms with E-state index in [1.807, 2.05) is 63.2 Å². The van der Waals surface area contributed by atoms with Gasteiger partial charge in [0.15, 0.2) is 0 Å². The van der Waals surface area contributed by atoms with E-state index in [4.69, 9.17) is 0 Å². The first kappa shape index (κ1) is 15.6. The van der Waals surface area contributed by atoms with Gasteiger partial charge >= 0.3 is 0 Å². The van der Waals surface area contributed by atoms with Crippen LogP contribution in [0.2, 0.25) is 0 Å². The topological polar surface area (TPSA) is 41.1 Å². The predicted molar refractivity (Wildman–Crippen MR) is 91.8 cm³/mol. The van der Waals surface area contributed by atoms with Gasteiger partial charge in [-0.3, -0.25) is 4.79 Å². The predicted octanol–water partition coefficient (Wildman–Crippen LogP) is 4.51. The molecule has 2 rings (SSSR count). The van der Waals surface area contributed by atoms with E-state index < -0.39 is 0 Å². The Balaban J connectivity index is 2.04. The van der Waals surface area contributed by atoms with Crippen LogP contribution < -0.4 is 10.6 Å². The second-order valence-corrected chi connectivity index (χ2v) is 6.04. The van der Waals surface area contributed by atoms with Crippen LogP contribution in [0.3, 0.4) is 0 Å². The Morgan fingerprint density at radius 2 is 1.62 bits per heavy atom. The largest absolute Gasteiger partial charge is 0.374 e. The SMILES string of the molecule is Cc1cccc(C)c1NC(=O)[C@@H](C)Nc1ccc(Br)cc1. The van der Waals surface area contributed by atoms with Crippen LogP contribution in [-0.2, 0) is 4.79 Å². The molecular weight excluding hydrogens is 328 g/mol. The monoisotopic (exact) mass is 346 g/mol. The summed E-state index contributed by atoms with van der Waals surface area (Å²) in [5, 5.41) is 6.19. The molecule has 1 amide bonds. The molecule has 0 saturated carbocycles. The van der Waals surface area contributed by atoms with Crippen molar-refractivity contribution in [2.75, 3.05) is 10.6 Å². The number of hydrogen-bond acceptors (Lipinski definition) is 2. The Kier molecular flexibility index (Phi) is 5.02. The van der Waals surface area contributed by atoms with E-state index in [9.17, 15) is 4.79 Å². The van der Waals surface area contributed by atoms with Crippen molar-refractivity contribution in [2.24, 2.45) is 0 Å². The van der Waals surface area contributed by atoms with Crippen molar-refractivity contribution in [3.05, 3.63) is 58.1 Å². The van der Waals surface area contributed by atoms with E-state index in [1.165, 1.54) is 0 Å². The highest BCUT2D eigenvalue weighted by Gasteiger charge is 2.14. The van der Waals surface area contributed by atoms with Gasteiger partial charge in [-0.15, -0.1) is 0 Å². The molecule has 0 spiro atoms. The third kappa shape index (κ3) is 4.08. The fourth-order valence-electron chi connectivity index (χ4n) is 2.10. The molecule has 0 radical (unpaired) electrons. The Morgan fingerprint density at radius 3 is 2.19 bits per heavy atom. The Hall–Kier alpha value is -1.81. The second-order valence-electron chi connectivity index (χ2n) is 5.13. The lowest BCUT2D eigenvalue weighted by Gasteiger charge is -2.17. The smallest absolute Gasteiger partial charge is 0.246 e. The first-order chi connectivity index (χ1) is 9.97. The average molecular weight is 347 g/mol. The summed E-state index contributed by atoms with van der Waals surface area (Å²) in [6.45, 7) is 5.84. The first-order valence-corrected chi connectivity index (χ1v) is 7.66. The van der Waals surface area contributed by atoms with Gasteiger partial charge in [0.2, 0.25) is 5.91 Å². The normalized spacial score (nSPS) is 11.8. The number of amides is 1. The second kappa shape index (κ2) is 6.76. The zero-order chi connectivity index (χ0) is 15.4. The van der Waals surface area contributed by atoms with Crippen molar-refractivity contribution in [1.29, 1.82) is 0 Å². The van der Waals surface area contributed by atoms with Gasteiger partial charge in [-0.25, -0.2) is 0 Å². The van der Waals surface area contributed by atoms with E-state index in [1.54, 1.807) is 0 Å². The lowest BCUT2D eigenvalue weighted by atomic mass is 10.1. The van der Waals surface area contributed by atoms with Gasteiger partial charge in [0, 0.05) is 15.8 Å². The molecule has 2 N–H and O–H groups in total. The number of carbonyl (C=O) groups is 1. The number of rotatable bonds is 4. The van der Waals surface area contributed by atoms with E-state index >= 15 is 0 Å². The molecule has 0 aromatic heterocycles. The van der Waals surface area contributed by atoms with Gasteiger partial charge in [-0.1, -0.05) is 34.1 Å². The minimum Gasteiger partial charge on any atom is -0.374 e. The number of nitrogens with one attached hydrogen (secondary N) is 2. The van der Waals surface area contributed by atoms with Crippen LogP contribution >= 0.6 is 15.9 Å². The molecule has 21 heavy (non-hydrogen) atoms. The molecule has 0 aliphatic rings. The molecule has 0 saturated heterocycles. The maximum Gasteiger partial charge on any atom is 0.246 e. The zero-order valence-corrected chi connectivity index (χ0v) is 14.0. The van der Waals surface area contributed by atoms with Gasteiger partial charge in [-0.05, 0) is 56.2 Å². The fraction of sp³-hybridized carbons (Fsp3) is 0.235. The third-order valence-electron chi connectivity index (χ3n) is 3.35. The van der Waals surface area contributed by atoms with Crippen molar-refractivity contribution in [2.45, 2.75) is 26.8 Å². The van der Waals surface area contributed by atoms with Crippen LogP contribution in [0.1, 0.15) is 18.1 Å². The van der Waals surface area contributed by atoms with Gasteiger partial charge in [0.1, 0.15) is 6.04 Å². The maximum absolute atomic E-state index is 12.3. The number of hydrogen-bond donors (Lipinski definition) is 2. The van der Waals surface area contributed by atoms with Crippen LogP contribution in [0.4, 0.5) is 11.4 Å². The summed E-state index contributed by atoms with van der Waals surface area (Å²) in [5.41, 5.74) is 3.95. The standard InChI is InChI=1S/C17H19BrN2O/c1-11-5-4-6-12(2)16(11)20-17(21)13(3)19-15-9-7-14(18)8-10-15/h4-10,13,19H,1-3H3,(H,20,21)/t13-/m1/s1. The summed E-state index contributed by atoms with van der Waals surface area (Å²) in [6.07, 6.45) is 0. The highest BCUT2D eigenvalue weighted by Crippen LogP contribution is 2.20. The van der Waals surface area contributed by atoms with E-state index in [0.717, 1.165) is 27.0 Å². The van der Waals surface area contributed by atoms with E-state index in [2.05, 4.69) is 26.6 Å². The zero-order valence-electron chi connectivity index (χ0n) is 12.4. The average Bonchev–Trinajstić information content (AvgIpc) is 2.45. The highest BCUT2D eigenvalue weighted by atomic mass is 79.9. The van der Waals surface area contributed by atoms with Crippen LogP contribution in [0.25, 0.3) is 0 Å². The van der Waals surface area contributed by atoms with Gasteiger partial charge in [0.25, 0.3) is 0 Å². The summed E-state index contributed by atoms with van der Waals surface area (Å²) in [7, 11) is 0. The van der Waals surface area contributed by atoms with Gasteiger partial charge in [0.05, 0.1) is 0 Å². The minimum atomic E-state index is -0.315. The van der Waals surface area contributed by atoms with Crippen LogP contribution in [-0.4, -0.2) is 11.9 Å². The van der Waals surface area contributed by atoms with Crippen LogP contribution in [0.15, 0.2) is 46.9 Å². The van der Waals surface area contributed by atoms with Crippen molar-refractivity contribution in [3.8, 4) is 0 Å². The summed E-state index contributed by atoms with van der Waals surface area (Å²) >= 11 is 3.39. The highest BCUT2D eigenvalue weighted by molar-refractivity contribution is 9.10. The molecule has 3 nitrogen and oxygen atoms in total. The lowest BCUT2D eigenvalue weighted by molar-refractivity contribution is -0.116. The molecule has 4 heteroatoms. The Bertz CT molecular complexity index is 617. The minimum absolute atomic E-state index is 0.0460. The molecule has 2 aromatic carbocycles. The number of anilines is 2. The number of para-hydroxylation sites is 1. The third-order valence-corrected chi connectivity index (χ3v) is 3.88. The number of benzene rings is 2. The van der Waals surface area contributed by atoms with Crippen molar-refractivity contribution in [3.63, 3.8) is 0 Å². The van der Waals surface area contributed by atoms with Gasteiger partial charge in [-0.2, -0.15) is 0 Å². The molecule has 0 aliphatic carbocycles. The molecule has 0 bridgehead atoms. The van der Waals surface area contributed by atoms with Gasteiger partial charge < -0.3 is 10.6 Å². The van der Waals surface area contributed by atoms with Crippen LogP contribution in [0.5, 0.6) is 0 Å². The lowest BCUT2D eigenvalue weighted by Crippen LogP contribution is -2.32. The molecule has 110 valence electrons. The maximum atomic E-state index is 12.3. The Morgan fingerprint density at radius 1 is 1.05 bits per heavy atom. The molecule has 0 aliphatic heterocycles. The summed E-state index contributed by atoms with van der Waals surface area (Å²) in [4.78, 5) is 12.3. The Labute approximate surface area is 133 Å². The molecule has 0 unspecified atom stereocenters. The summed E-state index contributed by atoms with van der Waals surface area (Å²) in [5.74, 6) is -0.0460. The van der Waals surface area contributed by atoms with Crippen molar-refractivity contribution < 1.29 is 4.79 Å². The van der Waals surface area contributed by atoms with E-state index in [-0.39, 0.29) is 11.9 Å². The number of aryl methyl sites for hydroxylation is 2. The fourth-order valence-corrected chi connectivity index (χ4v) is 2.37. The number of halogens is 1. The first-order valence-electron chi connectivity index (χ1n) is 6.86. The van der Waals surface area contributed by atoms with Crippen LogP contribution in [0, 0.1) is 13.8 Å². The molecular formula is C17H19BrN2O. The quantitative estimate of drug-likeness (QED) is 0.855. The van der Waals surface area contributed by atoms with Crippen molar-refractivity contribution >= 4 is 33.2 Å². The van der Waals surface area contributed by atoms with E-state index in [0.29, 0.717) is 0 Å². The molecule has 1 atom stereocenters. The molecule has 0 fully saturated rings.